The van der Waals surface area contributed by atoms with Gasteiger partial charge in [-0.25, -0.2) is 5.43 Å². The van der Waals surface area contributed by atoms with Crippen molar-refractivity contribution in [3.63, 3.8) is 0 Å². The molecular formula is C26H26N4O3. The Morgan fingerprint density at radius 3 is 2.48 bits per heavy atom. The number of aromatic nitrogens is 1. The molecule has 0 saturated carbocycles. The number of nitrogens with zero attached hydrogens (tertiary/aromatic N) is 2. The summed E-state index contributed by atoms with van der Waals surface area (Å²) in [7, 11) is 1.50. The van der Waals surface area contributed by atoms with Gasteiger partial charge in [0.05, 0.1) is 19.1 Å². The zero-order valence-corrected chi connectivity index (χ0v) is 18.9. The molecule has 0 unspecified atom stereocenters. The van der Waals surface area contributed by atoms with Crippen LogP contribution in [0.15, 0.2) is 71.8 Å². The van der Waals surface area contributed by atoms with E-state index in [1.54, 1.807) is 31.2 Å². The predicted octanol–water partition coefficient (Wildman–Crippen LogP) is 4.96. The highest BCUT2D eigenvalue weighted by atomic mass is 16.5. The number of ether oxygens (including phenoxy) is 1. The molecule has 0 atom stereocenters. The average molecular weight is 443 g/mol. The summed E-state index contributed by atoms with van der Waals surface area (Å²) < 4.78 is 7.46. The lowest BCUT2D eigenvalue weighted by molar-refractivity contribution is -0.115. The molecule has 4 rings (SSSR count). The molecule has 33 heavy (non-hydrogen) atoms. The first-order valence-electron chi connectivity index (χ1n) is 10.8. The molecule has 0 aliphatic heterocycles. The van der Waals surface area contributed by atoms with Crippen molar-refractivity contribution in [2.24, 2.45) is 5.10 Å². The number of anilines is 1. The minimum atomic E-state index is -0.398. The first kappa shape index (κ1) is 22.1. The van der Waals surface area contributed by atoms with Crippen molar-refractivity contribution >= 4 is 45.0 Å². The highest BCUT2D eigenvalue weighted by Crippen LogP contribution is 2.31. The summed E-state index contributed by atoms with van der Waals surface area (Å²) in [5.41, 5.74) is 6.37. The van der Waals surface area contributed by atoms with Crippen LogP contribution in [0.4, 0.5) is 5.69 Å². The van der Waals surface area contributed by atoms with E-state index in [4.69, 9.17) is 4.74 Å². The van der Waals surface area contributed by atoms with Crippen LogP contribution in [0, 0.1) is 0 Å². The van der Waals surface area contributed by atoms with Gasteiger partial charge in [0.2, 0.25) is 5.91 Å². The smallest absolute Gasteiger partial charge is 0.275 e. The Hall–Kier alpha value is -4.13. The summed E-state index contributed by atoms with van der Waals surface area (Å²) in [6.45, 7) is 4.68. The number of rotatable bonds is 7. The molecule has 2 amide bonds. The minimum Gasteiger partial charge on any atom is -0.496 e. The van der Waals surface area contributed by atoms with Crippen LogP contribution in [0.25, 0.3) is 21.8 Å². The standard InChI is InChI=1S/C26H26N4O3/c1-4-30-22-11-7-5-9-19(22)21-16-18(13-14-23(21)30)27-25(31)15-17(2)28-29-26(32)20-10-6-8-12-24(20)33-3/h5-14,16H,4,15H2,1-3H3,(H,27,31)(H,29,32)/b28-17-. The largest absolute Gasteiger partial charge is 0.496 e. The summed E-state index contributed by atoms with van der Waals surface area (Å²) in [6, 6.07) is 21.1. The number of benzene rings is 3. The van der Waals surface area contributed by atoms with Crippen LogP contribution in [-0.2, 0) is 11.3 Å². The number of carbonyl (C=O) groups is 2. The van der Waals surface area contributed by atoms with Gasteiger partial charge < -0.3 is 14.6 Å². The van der Waals surface area contributed by atoms with Crippen molar-refractivity contribution in [1.29, 1.82) is 0 Å². The van der Waals surface area contributed by atoms with E-state index in [0.717, 1.165) is 28.5 Å². The summed E-state index contributed by atoms with van der Waals surface area (Å²) >= 11 is 0. The van der Waals surface area contributed by atoms with E-state index >= 15 is 0 Å². The van der Waals surface area contributed by atoms with Crippen molar-refractivity contribution in [3.8, 4) is 5.75 Å². The number of para-hydroxylation sites is 2. The van der Waals surface area contributed by atoms with Gasteiger partial charge in [0.15, 0.2) is 0 Å². The lowest BCUT2D eigenvalue weighted by atomic mass is 10.1. The van der Waals surface area contributed by atoms with Crippen LogP contribution in [-0.4, -0.2) is 29.2 Å². The van der Waals surface area contributed by atoms with E-state index in [2.05, 4.69) is 39.5 Å². The molecule has 0 spiro atoms. The fourth-order valence-corrected chi connectivity index (χ4v) is 3.99. The Labute approximate surface area is 192 Å². The maximum absolute atomic E-state index is 12.6. The molecule has 0 fully saturated rings. The molecule has 3 aromatic carbocycles. The monoisotopic (exact) mass is 442 g/mol. The molecule has 0 aliphatic carbocycles. The van der Waals surface area contributed by atoms with Gasteiger partial charge >= 0.3 is 0 Å². The molecule has 168 valence electrons. The van der Waals surface area contributed by atoms with Crippen LogP contribution >= 0.6 is 0 Å². The number of hydrogen-bond acceptors (Lipinski definition) is 4. The fourth-order valence-electron chi connectivity index (χ4n) is 3.99. The van der Waals surface area contributed by atoms with Crippen molar-refractivity contribution in [2.45, 2.75) is 26.8 Å². The summed E-state index contributed by atoms with van der Waals surface area (Å²) in [5, 5.41) is 9.24. The van der Waals surface area contributed by atoms with E-state index in [9.17, 15) is 9.59 Å². The molecule has 0 radical (unpaired) electrons. The second-order valence-corrected chi connectivity index (χ2v) is 7.71. The summed E-state index contributed by atoms with van der Waals surface area (Å²) in [6.07, 6.45) is 0.0565. The Morgan fingerprint density at radius 2 is 1.70 bits per heavy atom. The minimum absolute atomic E-state index is 0.0565. The fraction of sp³-hybridized carbons (Fsp3) is 0.192. The second kappa shape index (κ2) is 9.56. The third kappa shape index (κ3) is 4.57. The molecule has 1 aromatic heterocycles. The topological polar surface area (TPSA) is 84.7 Å². The van der Waals surface area contributed by atoms with Gasteiger partial charge in [-0.05, 0) is 50.2 Å². The maximum atomic E-state index is 12.6. The van der Waals surface area contributed by atoms with Gasteiger partial charge in [-0.1, -0.05) is 30.3 Å². The average Bonchev–Trinajstić information content (AvgIpc) is 3.15. The van der Waals surface area contributed by atoms with Gasteiger partial charge in [-0.3, -0.25) is 9.59 Å². The highest BCUT2D eigenvalue weighted by Gasteiger charge is 2.13. The predicted molar refractivity (Wildman–Crippen MR) is 132 cm³/mol. The van der Waals surface area contributed by atoms with Gasteiger partial charge in [-0.15, -0.1) is 0 Å². The third-order valence-corrected chi connectivity index (χ3v) is 5.49. The molecule has 7 heteroatoms. The van der Waals surface area contributed by atoms with Crippen LogP contribution in [0.2, 0.25) is 0 Å². The van der Waals surface area contributed by atoms with E-state index in [1.165, 1.54) is 12.6 Å². The van der Waals surface area contributed by atoms with Crippen molar-refractivity contribution in [1.82, 2.24) is 9.99 Å². The van der Waals surface area contributed by atoms with E-state index < -0.39 is 5.91 Å². The molecular weight excluding hydrogens is 416 g/mol. The molecule has 4 aromatic rings. The van der Waals surface area contributed by atoms with Crippen LogP contribution in [0.5, 0.6) is 5.75 Å². The number of methoxy groups -OCH3 is 1. The first-order valence-corrected chi connectivity index (χ1v) is 10.8. The lowest BCUT2D eigenvalue weighted by Gasteiger charge is -2.08. The van der Waals surface area contributed by atoms with Gasteiger partial charge in [0, 0.05) is 39.7 Å². The molecule has 1 heterocycles. The SMILES string of the molecule is CCn1c2ccccc2c2cc(NC(=O)C/C(C)=N\NC(=O)c3ccccc3OC)ccc21. The number of aryl methyl sites for hydroxylation is 1. The summed E-state index contributed by atoms with van der Waals surface area (Å²) in [4.78, 5) is 24.9. The van der Waals surface area contributed by atoms with Crippen LogP contribution in [0.1, 0.15) is 30.6 Å². The van der Waals surface area contributed by atoms with E-state index in [-0.39, 0.29) is 12.3 Å². The van der Waals surface area contributed by atoms with Crippen LogP contribution in [0.3, 0.4) is 0 Å². The molecule has 0 aliphatic rings. The number of amides is 2. The van der Waals surface area contributed by atoms with E-state index in [1.807, 2.05) is 30.3 Å². The molecule has 2 N–H and O–H groups in total. The number of carbonyl (C=O) groups excluding carboxylic acids is 2. The molecule has 0 bridgehead atoms. The maximum Gasteiger partial charge on any atom is 0.275 e. The molecule has 0 saturated heterocycles. The van der Waals surface area contributed by atoms with Gasteiger partial charge in [0.25, 0.3) is 5.91 Å². The van der Waals surface area contributed by atoms with Crippen molar-refractivity contribution in [3.05, 3.63) is 72.3 Å². The highest BCUT2D eigenvalue weighted by molar-refractivity contribution is 6.11. The Morgan fingerprint density at radius 1 is 0.970 bits per heavy atom. The van der Waals surface area contributed by atoms with Gasteiger partial charge in [0.1, 0.15) is 5.75 Å². The zero-order valence-electron chi connectivity index (χ0n) is 18.9. The molecule has 7 nitrogen and oxygen atoms in total. The quantitative estimate of drug-likeness (QED) is 0.313. The van der Waals surface area contributed by atoms with E-state index in [0.29, 0.717) is 17.0 Å². The number of fused-ring (bicyclic) bond motifs is 3. The zero-order chi connectivity index (χ0) is 23.4. The number of hydrazone groups is 1. The number of hydrogen-bond donors (Lipinski definition) is 2. The Bertz CT molecular complexity index is 1370. The first-order chi connectivity index (χ1) is 16.0. The second-order valence-electron chi connectivity index (χ2n) is 7.71. The Kier molecular flexibility index (Phi) is 6.40. The van der Waals surface area contributed by atoms with Crippen molar-refractivity contribution in [2.75, 3.05) is 12.4 Å². The summed E-state index contributed by atoms with van der Waals surface area (Å²) in [5.74, 6) is -0.147. The van der Waals surface area contributed by atoms with Gasteiger partial charge in [-0.2, -0.15) is 5.10 Å². The van der Waals surface area contributed by atoms with Crippen molar-refractivity contribution < 1.29 is 14.3 Å². The van der Waals surface area contributed by atoms with Crippen LogP contribution < -0.4 is 15.5 Å². The third-order valence-electron chi connectivity index (χ3n) is 5.49. The Balaban J connectivity index is 1.45. The number of nitrogens with one attached hydrogen (secondary N) is 2. The lowest BCUT2D eigenvalue weighted by Crippen LogP contribution is -2.22. The normalized spacial score (nSPS) is 11.5.